The van der Waals surface area contributed by atoms with Gasteiger partial charge in [-0.1, -0.05) is 0 Å². The maximum Gasteiger partial charge on any atom is 0.366 e. The zero-order chi connectivity index (χ0) is 24.0. The van der Waals surface area contributed by atoms with E-state index in [1.165, 1.54) is 0 Å². The summed E-state index contributed by atoms with van der Waals surface area (Å²) >= 11 is 0. The minimum absolute atomic E-state index is 0.528. The fraction of sp³-hybridized carbons (Fsp3) is 0.105. The number of phenols is 6. The predicted octanol–water partition coefficient (Wildman–Crippen LogP) is 0.977. The highest BCUT2D eigenvalue weighted by Gasteiger charge is 2.55. The first kappa shape index (κ1) is 21.9. The summed E-state index contributed by atoms with van der Waals surface area (Å²) in [4.78, 5) is 37.0. The van der Waals surface area contributed by atoms with E-state index in [1.54, 1.807) is 0 Å². The molecule has 0 amide bonds. The van der Waals surface area contributed by atoms with E-state index in [-0.39, 0.29) is 0 Å². The Labute approximate surface area is 177 Å². The summed E-state index contributed by atoms with van der Waals surface area (Å²) in [7, 11) is 0. The van der Waals surface area contributed by atoms with Gasteiger partial charge in [0.05, 0.1) is 11.1 Å². The summed E-state index contributed by atoms with van der Waals surface area (Å²) in [5.41, 5.74) is -3.59. The van der Waals surface area contributed by atoms with E-state index in [0.29, 0.717) is 24.3 Å². The minimum atomic E-state index is -2.53. The normalized spacial score (nSPS) is 17.7. The summed E-state index contributed by atoms with van der Waals surface area (Å²) in [5, 5.41) is 66.6. The van der Waals surface area contributed by atoms with Crippen molar-refractivity contribution >= 4 is 17.9 Å². The first-order valence-corrected chi connectivity index (χ1v) is 8.46. The Morgan fingerprint density at radius 1 is 0.781 bits per heavy atom. The van der Waals surface area contributed by atoms with Crippen LogP contribution in [0, 0.1) is 0 Å². The average Bonchev–Trinajstić information content (AvgIpc) is 2.92. The maximum atomic E-state index is 12.4. The number of carbonyl (C=O) groups is 3. The Balaban J connectivity index is 1.91. The van der Waals surface area contributed by atoms with Gasteiger partial charge in [0.2, 0.25) is 5.76 Å². The van der Waals surface area contributed by atoms with Crippen LogP contribution in [-0.4, -0.2) is 59.3 Å². The molecule has 0 aliphatic carbocycles. The molecule has 0 bridgehead atoms. The van der Waals surface area contributed by atoms with Gasteiger partial charge in [-0.25, -0.2) is 14.4 Å². The number of aliphatic hydroxyl groups excluding tert-OH is 1. The molecule has 7 N–H and O–H groups in total. The summed E-state index contributed by atoms with van der Waals surface area (Å²) in [6, 6.07) is 2.83. The standard InChI is InChI=1S/C19H14O13/c1-19(32-16(27)7-4-10(22)13(25)11(23)5-7)14(17(28)31-18(19)29)30-15(26)6-2-8(20)12(24)9(21)3-6/h2-5,20-25,28H,1H3. The highest BCUT2D eigenvalue weighted by Crippen LogP contribution is 2.39. The van der Waals surface area contributed by atoms with Crippen LogP contribution >= 0.6 is 0 Å². The van der Waals surface area contributed by atoms with E-state index in [0.717, 1.165) is 6.92 Å². The number of esters is 3. The molecule has 0 aromatic heterocycles. The highest BCUT2D eigenvalue weighted by atomic mass is 16.7. The van der Waals surface area contributed by atoms with E-state index in [1.807, 2.05) is 0 Å². The number of cyclic esters (lactones) is 1. The lowest BCUT2D eigenvalue weighted by atomic mass is 10.1. The number of carbonyl (C=O) groups excluding carboxylic acids is 3. The van der Waals surface area contributed by atoms with E-state index in [4.69, 9.17) is 9.47 Å². The topological polar surface area (TPSA) is 221 Å². The lowest BCUT2D eigenvalue weighted by molar-refractivity contribution is -0.154. The van der Waals surface area contributed by atoms with E-state index >= 15 is 0 Å². The molecule has 1 heterocycles. The maximum absolute atomic E-state index is 12.4. The van der Waals surface area contributed by atoms with E-state index in [9.17, 15) is 50.1 Å². The van der Waals surface area contributed by atoms with Crippen LogP contribution in [0.3, 0.4) is 0 Å². The Hall–Kier alpha value is -4.81. The fourth-order valence-corrected chi connectivity index (χ4v) is 2.60. The fourth-order valence-electron chi connectivity index (χ4n) is 2.60. The molecular formula is C19H14O13. The van der Waals surface area contributed by atoms with Crippen molar-refractivity contribution in [1.29, 1.82) is 0 Å². The number of rotatable bonds is 4. The van der Waals surface area contributed by atoms with Gasteiger partial charge < -0.3 is 50.0 Å². The molecule has 3 rings (SSSR count). The molecule has 13 nitrogen and oxygen atoms in total. The largest absolute Gasteiger partial charge is 0.504 e. The molecule has 13 heteroatoms. The minimum Gasteiger partial charge on any atom is -0.504 e. The van der Waals surface area contributed by atoms with Gasteiger partial charge in [-0.15, -0.1) is 0 Å². The van der Waals surface area contributed by atoms with Crippen molar-refractivity contribution in [2.24, 2.45) is 0 Å². The van der Waals surface area contributed by atoms with Crippen molar-refractivity contribution in [3.8, 4) is 34.5 Å². The lowest BCUT2D eigenvalue weighted by Gasteiger charge is -2.22. The molecule has 2 aromatic rings. The molecule has 32 heavy (non-hydrogen) atoms. The third-order valence-electron chi connectivity index (χ3n) is 4.31. The molecule has 0 fully saturated rings. The van der Waals surface area contributed by atoms with E-state index in [2.05, 4.69) is 4.74 Å². The van der Waals surface area contributed by atoms with Crippen molar-refractivity contribution in [3.05, 3.63) is 47.1 Å². The number of benzene rings is 2. The molecule has 0 radical (unpaired) electrons. The number of ether oxygens (including phenoxy) is 3. The quantitative estimate of drug-likeness (QED) is 0.196. The number of hydrogen-bond acceptors (Lipinski definition) is 13. The molecule has 0 saturated heterocycles. The Morgan fingerprint density at radius 3 is 1.62 bits per heavy atom. The molecular weight excluding hydrogens is 436 g/mol. The molecule has 168 valence electrons. The van der Waals surface area contributed by atoms with Crippen molar-refractivity contribution in [1.82, 2.24) is 0 Å². The average molecular weight is 450 g/mol. The second-order valence-electron chi connectivity index (χ2n) is 6.56. The van der Waals surface area contributed by atoms with Crippen molar-refractivity contribution < 1.29 is 64.3 Å². The zero-order valence-corrected chi connectivity index (χ0v) is 15.9. The van der Waals surface area contributed by atoms with Gasteiger partial charge in [0.25, 0.3) is 5.60 Å². The summed E-state index contributed by atoms with van der Waals surface area (Å²) in [5.74, 6) is -11.7. The molecule has 2 aromatic carbocycles. The number of aliphatic hydroxyl groups is 1. The van der Waals surface area contributed by atoms with Crippen LogP contribution in [0.25, 0.3) is 0 Å². The second-order valence-corrected chi connectivity index (χ2v) is 6.56. The molecule has 1 unspecified atom stereocenters. The zero-order valence-electron chi connectivity index (χ0n) is 15.9. The first-order valence-electron chi connectivity index (χ1n) is 8.46. The van der Waals surface area contributed by atoms with Gasteiger partial charge >= 0.3 is 23.9 Å². The Morgan fingerprint density at radius 2 is 1.19 bits per heavy atom. The molecule has 1 atom stereocenters. The number of hydrogen-bond donors (Lipinski definition) is 7. The van der Waals surface area contributed by atoms with E-state index < -0.39 is 80.8 Å². The third kappa shape index (κ3) is 3.58. The van der Waals surface area contributed by atoms with Gasteiger partial charge in [-0.2, -0.15) is 0 Å². The Kier molecular flexibility index (Phi) is 5.10. The summed E-state index contributed by atoms with van der Waals surface area (Å²) in [6.07, 6.45) is 0. The van der Waals surface area contributed by atoms with Crippen molar-refractivity contribution in [2.45, 2.75) is 12.5 Å². The van der Waals surface area contributed by atoms with Gasteiger partial charge in [0.15, 0.2) is 34.5 Å². The number of aromatic hydroxyl groups is 6. The van der Waals surface area contributed by atoms with Gasteiger partial charge in [0.1, 0.15) is 0 Å². The van der Waals surface area contributed by atoms with Crippen LogP contribution in [0.15, 0.2) is 36.0 Å². The van der Waals surface area contributed by atoms with Gasteiger partial charge in [-0.05, 0) is 31.2 Å². The van der Waals surface area contributed by atoms with Crippen LogP contribution in [0.5, 0.6) is 34.5 Å². The molecule has 0 saturated carbocycles. The Bertz CT molecular complexity index is 1150. The molecule has 1 aliphatic rings. The summed E-state index contributed by atoms with van der Waals surface area (Å²) in [6.45, 7) is 0.894. The monoisotopic (exact) mass is 450 g/mol. The molecule has 1 aliphatic heterocycles. The van der Waals surface area contributed by atoms with Crippen LogP contribution in [0.1, 0.15) is 27.6 Å². The van der Waals surface area contributed by atoms with Gasteiger partial charge in [-0.3, -0.25) is 0 Å². The second kappa shape index (κ2) is 7.46. The first-order chi connectivity index (χ1) is 14.8. The van der Waals surface area contributed by atoms with Gasteiger partial charge in [0, 0.05) is 0 Å². The van der Waals surface area contributed by atoms with Crippen LogP contribution in [0.2, 0.25) is 0 Å². The van der Waals surface area contributed by atoms with Crippen LogP contribution < -0.4 is 0 Å². The van der Waals surface area contributed by atoms with Crippen molar-refractivity contribution in [3.63, 3.8) is 0 Å². The van der Waals surface area contributed by atoms with Crippen LogP contribution in [0.4, 0.5) is 0 Å². The number of phenolic OH excluding ortho intramolecular Hbond substituents is 6. The highest BCUT2D eigenvalue weighted by molar-refractivity contribution is 5.97. The summed E-state index contributed by atoms with van der Waals surface area (Å²) < 4.78 is 14.3. The van der Waals surface area contributed by atoms with Crippen molar-refractivity contribution in [2.75, 3.05) is 0 Å². The molecule has 0 spiro atoms. The third-order valence-corrected chi connectivity index (χ3v) is 4.31. The smallest absolute Gasteiger partial charge is 0.366 e. The lowest BCUT2D eigenvalue weighted by Crippen LogP contribution is -2.40. The SMILES string of the molecule is CC1(OC(=O)c2cc(O)c(O)c(O)c2)C(=O)OC(O)=C1OC(=O)c1cc(O)c(O)c(O)c1. The van der Waals surface area contributed by atoms with Crippen LogP contribution in [-0.2, 0) is 19.0 Å². The predicted molar refractivity (Wildman–Crippen MR) is 97.9 cm³/mol.